The SMILES string of the molecule is CCOC(=O)CCn1c2c(c3ccccc31)C[C@@]1(O)[C@@H]3Cc4ccc(OC)c5c4[C@@]1(CCN3)[C@H]2O5. The second kappa shape index (κ2) is 7.24. The number of hydrogen-bond donors (Lipinski definition) is 2. The first kappa shape index (κ1) is 21.3. The number of esters is 1. The smallest absolute Gasteiger partial charge is 0.307 e. The van der Waals surface area contributed by atoms with E-state index in [1.807, 2.05) is 25.1 Å². The Labute approximate surface area is 204 Å². The van der Waals surface area contributed by atoms with Crippen LogP contribution in [0.4, 0.5) is 0 Å². The summed E-state index contributed by atoms with van der Waals surface area (Å²) in [5.41, 5.74) is 4.06. The Morgan fingerprint density at radius 2 is 2.14 bits per heavy atom. The molecule has 3 heterocycles. The van der Waals surface area contributed by atoms with E-state index in [-0.39, 0.29) is 24.5 Å². The Hall–Kier alpha value is -3.03. The summed E-state index contributed by atoms with van der Waals surface area (Å²) in [6.45, 7) is 3.53. The molecule has 2 aromatic carbocycles. The molecular formula is C28H30N2O5. The summed E-state index contributed by atoms with van der Waals surface area (Å²) in [5.74, 6) is 1.27. The molecule has 4 aliphatic rings. The summed E-state index contributed by atoms with van der Waals surface area (Å²) in [6.07, 6.45) is 2.01. The summed E-state index contributed by atoms with van der Waals surface area (Å²) in [6, 6.07) is 12.4. The third kappa shape index (κ3) is 2.50. The van der Waals surface area contributed by atoms with Crippen molar-refractivity contribution in [2.45, 2.75) is 62.3 Å². The van der Waals surface area contributed by atoms with Crippen LogP contribution in [0.15, 0.2) is 36.4 Å². The first-order chi connectivity index (χ1) is 17.0. The summed E-state index contributed by atoms with van der Waals surface area (Å²) in [7, 11) is 1.67. The van der Waals surface area contributed by atoms with Crippen molar-refractivity contribution in [3.05, 3.63) is 58.8 Å². The molecule has 1 saturated heterocycles. The molecule has 1 spiro atoms. The lowest BCUT2D eigenvalue weighted by Crippen LogP contribution is -2.73. The van der Waals surface area contributed by atoms with Crippen molar-refractivity contribution < 1.29 is 24.1 Å². The second-order valence-electron chi connectivity index (χ2n) is 10.2. The van der Waals surface area contributed by atoms with E-state index in [0.717, 1.165) is 52.9 Å². The van der Waals surface area contributed by atoms with Gasteiger partial charge in [-0.1, -0.05) is 24.3 Å². The largest absolute Gasteiger partial charge is 0.493 e. The average Bonchev–Trinajstić information content (AvgIpc) is 3.35. The lowest BCUT2D eigenvalue weighted by Gasteiger charge is -2.60. The minimum atomic E-state index is -0.983. The number of rotatable bonds is 5. The van der Waals surface area contributed by atoms with Crippen LogP contribution in [0.3, 0.4) is 0 Å². The van der Waals surface area contributed by atoms with Gasteiger partial charge in [0.05, 0.1) is 36.8 Å². The van der Waals surface area contributed by atoms with E-state index in [0.29, 0.717) is 25.3 Å². The number of aliphatic hydroxyl groups is 1. The Balaban J connectivity index is 1.49. The molecule has 3 aromatic rings. The number of hydrogen-bond acceptors (Lipinski definition) is 6. The number of carbonyl (C=O) groups is 1. The Morgan fingerprint density at radius 1 is 1.29 bits per heavy atom. The number of ether oxygens (including phenoxy) is 3. The number of aromatic nitrogens is 1. The molecule has 0 unspecified atom stereocenters. The van der Waals surface area contributed by atoms with E-state index in [9.17, 15) is 9.90 Å². The van der Waals surface area contributed by atoms with Gasteiger partial charge in [-0.25, -0.2) is 0 Å². The monoisotopic (exact) mass is 474 g/mol. The van der Waals surface area contributed by atoms with E-state index in [1.165, 1.54) is 5.56 Å². The average molecular weight is 475 g/mol. The van der Waals surface area contributed by atoms with Gasteiger partial charge < -0.3 is 29.2 Å². The molecule has 2 aliphatic carbocycles. The summed E-state index contributed by atoms with van der Waals surface area (Å²) < 4.78 is 20.1. The Morgan fingerprint density at radius 3 is 2.97 bits per heavy atom. The van der Waals surface area contributed by atoms with Crippen LogP contribution in [0.1, 0.15) is 48.3 Å². The zero-order valence-corrected chi connectivity index (χ0v) is 20.1. The molecule has 0 amide bonds. The van der Waals surface area contributed by atoms with E-state index in [4.69, 9.17) is 14.2 Å². The van der Waals surface area contributed by atoms with Crippen LogP contribution in [-0.2, 0) is 34.3 Å². The maximum atomic E-state index is 12.6. The van der Waals surface area contributed by atoms with E-state index in [2.05, 4.69) is 28.1 Å². The fourth-order valence-electron chi connectivity index (χ4n) is 7.59. The number of nitrogens with zero attached hydrogens (tertiary/aromatic N) is 1. The van der Waals surface area contributed by atoms with Gasteiger partial charge in [-0.2, -0.15) is 0 Å². The van der Waals surface area contributed by atoms with Crippen LogP contribution in [0.25, 0.3) is 10.9 Å². The van der Waals surface area contributed by atoms with Crippen LogP contribution in [0.5, 0.6) is 11.5 Å². The highest BCUT2D eigenvalue weighted by Gasteiger charge is 2.71. The molecule has 1 fully saturated rings. The van der Waals surface area contributed by atoms with E-state index < -0.39 is 11.0 Å². The van der Waals surface area contributed by atoms with Crippen LogP contribution < -0.4 is 14.8 Å². The van der Waals surface area contributed by atoms with Crippen LogP contribution in [0.2, 0.25) is 0 Å². The molecule has 4 atom stereocenters. The van der Waals surface area contributed by atoms with Gasteiger partial charge in [0.1, 0.15) is 0 Å². The number of nitrogens with one attached hydrogen (secondary N) is 1. The van der Waals surface area contributed by atoms with Gasteiger partial charge in [0.15, 0.2) is 17.6 Å². The topological polar surface area (TPSA) is 82.0 Å². The number of methoxy groups -OCH3 is 1. The first-order valence-corrected chi connectivity index (χ1v) is 12.6. The Bertz CT molecular complexity index is 1380. The molecule has 0 radical (unpaired) electrons. The fraction of sp³-hybridized carbons (Fsp3) is 0.464. The molecule has 1 aromatic heterocycles. The van der Waals surface area contributed by atoms with Gasteiger partial charge in [0.2, 0.25) is 0 Å². The minimum Gasteiger partial charge on any atom is -0.493 e. The number of benzene rings is 2. The second-order valence-corrected chi connectivity index (χ2v) is 10.2. The number of piperidine rings is 1. The molecular weight excluding hydrogens is 444 g/mol. The third-order valence-electron chi connectivity index (χ3n) is 8.90. The molecule has 7 rings (SSSR count). The predicted molar refractivity (Wildman–Crippen MR) is 130 cm³/mol. The number of carbonyl (C=O) groups excluding carboxylic acids is 1. The van der Waals surface area contributed by atoms with Crippen molar-refractivity contribution in [2.24, 2.45) is 0 Å². The summed E-state index contributed by atoms with van der Waals surface area (Å²) >= 11 is 0. The highest BCUT2D eigenvalue weighted by atomic mass is 16.5. The number of aryl methyl sites for hydroxylation is 1. The van der Waals surface area contributed by atoms with Crippen molar-refractivity contribution in [3.8, 4) is 11.5 Å². The van der Waals surface area contributed by atoms with Crippen molar-refractivity contribution in [2.75, 3.05) is 20.3 Å². The van der Waals surface area contributed by atoms with E-state index >= 15 is 0 Å². The van der Waals surface area contributed by atoms with Gasteiger partial charge in [0.25, 0.3) is 0 Å². The van der Waals surface area contributed by atoms with Gasteiger partial charge in [-0.15, -0.1) is 0 Å². The number of para-hydroxylation sites is 1. The zero-order valence-electron chi connectivity index (χ0n) is 20.1. The Kier molecular flexibility index (Phi) is 4.40. The van der Waals surface area contributed by atoms with Crippen molar-refractivity contribution in [3.63, 3.8) is 0 Å². The van der Waals surface area contributed by atoms with E-state index in [1.54, 1.807) is 7.11 Å². The van der Waals surface area contributed by atoms with Gasteiger partial charge in [0, 0.05) is 35.5 Å². The predicted octanol–water partition coefficient (Wildman–Crippen LogP) is 3.18. The maximum Gasteiger partial charge on any atom is 0.307 e. The first-order valence-electron chi connectivity index (χ1n) is 12.6. The molecule has 2 aliphatic heterocycles. The molecule has 182 valence electrons. The fourth-order valence-corrected chi connectivity index (χ4v) is 7.59. The maximum absolute atomic E-state index is 12.6. The lowest BCUT2D eigenvalue weighted by molar-refractivity contribution is -0.143. The number of fused-ring (bicyclic) bond motifs is 4. The standard InChI is InChI=1S/C28H30N2O5/c1-3-34-22(31)10-13-30-19-7-5-4-6-17(19)18-15-28(32)21-14-16-8-9-20(33-2)25-23(16)27(28,11-12-29-21)26(35-25)24(18)30/h4-9,21,26,29,32H,3,10-15H2,1-2H3/t21-,26-,27-,28+/m0/s1. The normalized spacial score (nSPS) is 29.3. The van der Waals surface area contributed by atoms with Gasteiger partial charge in [-0.05, 0) is 49.6 Å². The van der Waals surface area contributed by atoms with Crippen molar-refractivity contribution in [1.29, 1.82) is 0 Å². The highest BCUT2D eigenvalue weighted by Crippen LogP contribution is 2.68. The molecule has 35 heavy (non-hydrogen) atoms. The molecule has 7 nitrogen and oxygen atoms in total. The van der Waals surface area contributed by atoms with Crippen LogP contribution >= 0.6 is 0 Å². The van der Waals surface area contributed by atoms with Gasteiger partial charge in [-0.3, -0.25) is 4.79 Å². The quantitative estimate of drug-likeness (QED) is 0.553. The lowest BCUT2D eigenvalue weighted by atomic mass is 9.49. The van der Waals surface area contributed by atoms with Crippen LogP contribution in [0, 0.1) is 0 Å². The van der Waals surface area contributed by atoms with Crippen molar-refractivity contribution in [1.82, 2.24) is 9.88 Å². The minimum absolute atomic E-state index is 0.0519. The highest BCUT2D eigenvalue weighted by molar-refractivity contribution is 5.87. The third-order valence-corrected chi connectivity index (χ3v) is 8.90. The van der Waals surface area contributed by atoms with Crippen molar-refractivity contribution >= 4 is 16.9 Å². The molecule has 0 saturated carbocycles. The molecule has 2 N–H and O–H groups in total. The summed E-state index contributed by atoms with van der Waals surface area (Å²) in [5, 5.41) is 17.4. The van der Waals surface area contributed by atoms with Crippen LogP contribution in [-0.4, -0.2) is 47.5 Å². The zero-order chi connectivity index (χ0) is 23.9. The van der Waals surface area contributed by atoms with Gasteiger partial charge >= 0.3 is 5.97 Å². The summed E-state index contributed by atoms with van der Waals surface area (Å²) in [4.78, 5) is 12.3. The molecule has 7 heteroatoms. The molecule has 2 bridgehead atoms.